The molecule has 0 unspecified atom stereocenters. The highest BCUT2D eigenvalue weighted by Crippen LogP contribution is 1.90. The third-order valence-electron chi connectivity index (χ3n) is 1.44. The van der Waals surface area contributed by atoms with Crippen LogP contribution in [0.3, 0.4) is 0 Å². The maximum Gasteiger partial charge on any atom is 0.278 e. The number of aliphatic hydroxyl groups is 1. The number of methoxy groups -OCH3 is 1. The minimum Gasteiger partial charge on any atom is -0.474 e. The molecular weight excluding hydrogens is 621 g/mol. The zero-order valence-corrected chi connectivity index (χ0v) is 29.5. The van der Waals surface area contributed by atoms with E-state index in [9.17, 15) is 4.79 Å². The number of thiol groups is 2. The summed E-state index contributed by atoms with van der Waals surface area (Å²) in [5.74, 6) is 0. The van der Waals surface area contributed by atoms with E-state index in [0.717, 1.165) is 11.4 Å². The summed E-state index contributed by atoms with van der Waals surface area (Å²) in [6.07, 6.45) is 8.37. The number of ether oxygens (including phenoxy) is 1. The van der Waals surface area contributed by atoms with Gasteiger partial charge in [0.2, 0.25) is 6.08 Å². The lowest BCUT2D eigenvalue weighted by molar-refractivity contribution is 0.262. The fourth-order valence-corrected chi connectivity index (χ4v) is 0.714. The van der Waals surface area contributed by atoms with Crippen LogP contribution in [-0.4, -0.2) is 118 Å². The summed E-state index contributed by atoms with van der Waals surface area (Å²) in [6, 6.07) is 0. The van der Waals surface area contributed by atoms with E-state index in [0.29, 0.717) is 5.17 Å². The van der Waals surface area contributed by atoms with Crippen LogP contribution in [0.2, 0.25) is 0 Å². The van der Waals surface area contributed by atoms with Gasteiger partial charge in [-0.2, -0.15) is 25.3 Å². The first-order valence-electron chi connectivity index (χ1n) is 8.67. The maximum atomic E-state index is 10.0. The fourth-order valence-electron chi connectivity index (χ4n) is 0.306. The smallest absolute Gasteiger partial charge is 0.278 e. The molecule has 0 radical (unpaired) electrons. The van der Waals surface area contributed by atoms with Crippen LogP contribution >= 0.6 is 97.7 Å². The van der Waals surface area contributed by atoms with E-state index in [1.54, 1.807) is 58.7 Å². The van der Waals surface area contributed by atoms with Gasteiger partial charge in [0.15, 0.2) is 0 Å². The number of amides is 1. The Hall–Kier alpha value is -0.610. The molecule has 0 heterocycles. The average Bonchev–Trinajstić information content (AvgIpc) is 2.99. The Morgan fingerprint density at radius 2 is 1.14 bits per heavy atom. The summed E-state index contributed by atoms with van der Waals surface area (Å²) >= 11 is 27.3. The SMILES string of the molecule is CN=C=O.CN=C=S.CN=C=S.CNC(=O)SC.CNC(=S)OC.CNC(=S)SC.CO.CS.CS. The van der Waals surface area contributed by atoms with E-state index < -0.39 is 0 Å². The number of nitrogens with one attached hydrogen (secondary N) is 3. The Labute approximate surface area is 259 Å². The number of isothiocyanates is 2. The number of aliphatic hydroxyl groups excluding tert-OH is 1. The van der Waals surface area contributed by atoms with Crippen molar-refractivity contribution in [2.75, 3.05) is 81.5 Å². The second kappa shape index (κ2) is 92.2. The van der Waals surface area contributed by atoms with Gasteiger partial charge >= 0.3 is 0 Å². The third kappa shape index (κ3) is 169. The molecule has 0 aliphatic carbocycles. The number of carbonyl (C=O) groups excluding carboxylic acids is 2. The van der Waals surface area contributed by atoms with E-state index in [-0.39, 0.29) is 5.24 Å². The normalized spacial score (nSPS) is 5.64. The van der Waals surface area contributed by atoms with Gasteiger partial charge in [0.25, 0.3) is 10.4 Å². The molecule has 0 spiro atoms. The van der Waals surface area contributed by atoms with Crippen molar-refractivity contribution in [1.82, 2.24) is 16.0 Å². The molecule has 4 N–H and O–H groups in total. The lowest BCUT2D eigenvalue weighted by atomic mass is 11.1. The molecule has 0 aromatic carbocycles. The van der Waals surface area contributed by atoms with Crippen molar-refractivity contribution in [2.24, 2.45) is 15.0 Å². The molecule has 10 nitrogen and oxygen atoms in total. The summed E-state index contributed by atoms with van der Waals surface area (Å²) in [4.78, 5) is 28.4. The molecule has 0 aliphatic rings. The highest BCUT2D eigenvalue weighted by Gasteiger charge is 1.85. The van der Waals surface area contributed by atoms with Gasteiger partial charge in [-0.05, 0) is 61.7 Å². The summed E-state index contributed by atoms with van der Waals surface area (Å²) in [6.45, 7) is 0. The van der Waals surface area contributed by atoms with E-state index in [1.165, 1.54) is 32.0 Å². The predicted molar refractivity (Wildman–Crippen MR) is 186 cm³/mol. The van der Waals surface area contributed by atoms with Crippen molar-refractivity contribution in [3.63, 3.8) is 0 Å². The summed E-state index contributed by atoms with van der Waals surface area (Å²) in [7, 11) is 12.2. The highest BCUT2D eigenvalue weighted by molar-refractivity contribution is 8.22. The van der Waals surface area contributed by atoms with E-state index in [2.05, 4.69) is 108 Å². The number of carbonyl (C=O) groups is 1. The zero-order valence-electron chi connectivity index (χ0n) is 22.9. The highest BCUT2D eigenvalue weighted by atomic mass is 32.2. The molecule has 0 aromatic heterocycles. The van der Waals surface area contributed by atoms with Crippen LogP contribution in [0.25, 0.3) is 0 Å². The van der Waals surface area contributed by atoms with Crippen molar-refractivity contribution >= 4 is 129 Å². The Morgan fingerprint density at radius 3 is 1.14 bits per heavy atom. The number of rotatable bonds is 0. The number of aliphatic imine (C=N–C) groups is 3. The molecule has 216 valence electrons. The quantitative estimate of drug-likeness (QED) is 0.0975. The monoisotopic (exact) mass is 662 g/mol. The molecule has 0 rings (SSSR count). The molecule has 36 heavy (non-hydrogen) atoms. The molecule has 1 amide bonds. The van der Waals surface area contributed by atoms with Crippen molar-refractivity contribution < 1.29 is 19.4 Å². The minimum absolute atomic E-state index is 0.00926. The van der Waals surface area contributed by atoms with Crippen LogP contribution in [0.1, 0.15) is 0 Å². The largest absolute Gasteiger partial charge is 0.474 e. The van der Waals surface area contributed by atoms with Gasteiger partial charge in [0, 0.05) is 49.4 Å². The molecular formula is C18H42N6O4S8. The molecule has 0 bridgehead atoms. The van der Waals surface area contributed by atoms with Gasteiger partial charge < -0.3 is 25.8 Å². The van der Waals surface area contributed by atoms with E-state index in [4.69, 9.17) is 22.1 Å². The Morgan fingerprint density at radius 1 is 0.833 bits per heavy atom. The molecule has 0 aliphatic heterocycles. The van der Waals surface area contributed by atoms with Crippen LogP contribution in [0.5, 0.6) is 0 Å². The molecule has 0 saturated heterocycles. The van der Waals surface area contributed by atoms with Crippen LogP contribution in [-0.2, 0) is 9.53 Å². The molecule has 18 heteroatoms. The van der Waals surface area contributed by atoms with E-state index in [1.807, 2.05) is 13.3 Å². The van der Waals surface area contributed by atoms with Gasteiger partial charge in [0.05, 0.1) is 17.4 Å². The molecule has 0 atom stereocenters. The number of isocyanates is 1. The maximum absolute atomic E-state index is 10.0. The number of hydrogen-bond donors (Lipinski definition) is 6. The minimum atomic E-state index is 0.00926. The number of thioether (sulfide) groups is 2. The number of thiocarbonyl (C=S) groups is 4. The van der Waals surface area contributed by atoms with Crippen molar-refractivity contribution in [3.8, 4) is 0 Å². The lowest BCUT2D eigenvalue weighted by Gasteiger charge is -1.95. The first kappa shape index (κ1) is 60.1. The number of hydrogen-bond acceptors (Lipinski definition) is 15. The van der Waals surface area contributed by atoms with Gasteiger partial charge in [0.1, 0.15) is 4.32 Å². The van der Waals surface area contributed by atoms with Crippen LogP contribution in [0.15, 0.2) is 15.0 Å². The van der Waals surface area contributed by atoms with Crippen LogP contribution < -0.4 is 16.0 Å². The Bertz CT molecular complexity index is 464. The van der Waals surface area contributed by atoms with Crippen LogP contribution in [0.4, 0.5) is 4.79 Å². The lowest BCUT2D eigenvalue weighted by Crippen LogP contribution is -2.16. The number of nitrogens with zero attached hydrogens (tertiary/aromatic N) is 3. The van der Waals surface area contributed by atoms with E-state index >= 15 is 0 Å². The summed E-state index contributed by atoms with van der Waals surface area (Å²) in [5, 5.41) is 19.6. The zero-order chi connectivity index (χ0) is 31.2. The second-order valence-electron chi connectivity index (χ2n) is 3.17. The van der Waals surface area contributed by atoms with Crippen molar-refractivity contribution in [1.29, 1.82) is 0 Å². The predicted octanol–water partition coefficient (Wildman–Crippen LogP) is 3.77. The first-order valence-corrected chi connectivity index (χ1v) is 14.5. The van der Waals surface area contributed by atoms with Gasteiger partial charge in [-0.1, -0.05) is 24.0 Å². The Kier molecular flexibility index (Phi) is 154. The first-order chi connectivity index (χ1) is 17.2. The summed E-state index contributed by atoms with van der Waals surface area (Å²) < 4.78 is 5.36. The second-order valence-corrected chi connectivity index (χ2v) is 6.17. The molecule has 0 saturated carbocycles. The molecule has 0 fully saturated rings. The topological polar surface area (TPSA) is 137 Å². The average molecular weight is 663 g/mol. The third-order valence-corrected chi connectivity index (χ3v) is 4.03. The fraction of sp³-hybridized carbons (Fsp3) is 0.667. The van der Waals surface area contributed by atoms with Gasteiger partial charge in [-0.3, -0.25) is 4.79 Å². The standard InChI is InChI=1S/2C3H7NOS.C3H7NS2.C2H3NO.2C2H3NS.CH4O.2CH4S/c1-4-3(5)6-2;1-4-3(6)5-2;1-4-3(5)6-2;3*1-3-2-4;3*1-2/h1-2H3,(H,4,5);1-2H3,(H,4,6);1-2H3,(H,4,5);3*1H3;3*2H,1H3. The molecule has 0 aromatic rings. The van der Waals surface area contributed by atoms with Crippen molar-refractivity contribution in [3.05, 3.63) is 0 Å². The summed E-state index contributed by atoms with van der Waals surface area (Å²) in [5.41, 5.74) is 0. The van der Waals surface area contributed by atoms with Crippen molar-refractivity contribution in [2.45, 2.75) is 0 Å². The van der Waals surface area contributed by atoms with Gasteiger partial charge in [-0.15, -0.1) is 11.8 Å². The Balaban J connectivity index is -0.0000000335. The van der Waals surface area contributed by atoms with Crippen LogP contribution in [0, 0.1) is 0 Å². The van der Waals surface area contributed by atoms with Gasteiger partial charge in [-0.25, -0.2) is 19.8 Å².